The van der Waals surface area contributed by atoms with Crippen molar-refractivity contribution in [3.05, 3.63) is 101 Å². The van der Waals surface area contributed by atoms with Gasteiger partial charge in [-0.1, -0.05) is 48.5 Å². The predicted octanol–water partition coefficient (Wildman–Crippen LogP) is 5.32. The topological polar surface area (TPSA) is 61.8 Å². The Morgan fingerprint density at radius 3 is 2.58 bits per heavy atom. The van der Waals surface area contributed by atoms with Gasteiger partial charge in [0.15, 0.2) is 5.76 Å². The number of ketones is 1. The largest absolute Gasteiger partial charge is 0.493 e. The van der Waals surface area contributed by atoms with Crippen molar-refractivity contribution < 1.29 is 23.8 Å². The highest BCUT2D eigenvalue weighted by Gasteiger charge is 2.28. The molecule has 3 aromatic carbocycles. The van der Waals surface area contributed by atoms with E-state index in [4.69, 9.17) is 14.2 Å². The first-order valence-electron chi connectivity index (χ1n) is 9.89. The lowest BCUT2D eigenvalue weighted by Gasteiger charge is -2.07. The lowest BCUT2D eigenvalue weighted by atomic mass is 10.1. The third-order valence-corrected chi connectivity index (χ3v) is 4.58. The summed E-state index contributed by atoms with van der Waals surface area (Å²) in [7, 11) is 0. The van der Waals surface area contributed by atoms with Gasteiger partial charge in [0.2, 0.25) is 5.78 Å². The van der Waals surface area contributed by atoms with Gasteiger partial charge in [0, 0.05) is 17.7 Å². The molecule has 4 rings (SSSR count). The van der Waals surface area contributed by atoms with Crippen molar-refractivity contribution in [2.75, 3.05) is 6.61 Å². The second kappa shape index (κ2) is 9.13. The van der Waals surface area contributed by atoms with Crippen LogP contribution in [-0.2, 0) is 4.79 Å². The van der Waals surface area contributed by atoms with Gasteiger partial charge in [0.1, 0.15) is 17.2 Å². The zero-order valence-corrected chi connectivity index (χ0v) is 16.9. The van der Waals surface area contributed by atoms with Crippen molar-refractivity contribution >= 4 is 23.9 Å². The Bertz CT molecular complexity index is 1180. The molecule has 0 spiro atoms. The SMILES string of the molecule is CCOc1ccccc1/C=C1\Oc2cc(OC(=O)/C=C/c3ccccc3)ccc2C1=O. The van der Waals surface area contributed by atoms with Crippen molar-refractivity contribution in [2.24, 2.45) is 0 Å². The van der Waals surface area contributed by atoms with Gasteiger partial charge < -0.3 is 14.2 Å². The van der Waals surface area contributed by atoms with Gasteiger partial charge in [0.05, 0.1) is 12.2 Å². The second-order valence-electron chi connectivity index (χ2n) is 6.73. The molecule has 0 bridgehead atoms. The maximum atomic E-state index is 12.7. The van der Waals surface area contributed by atoms with E-state index in [-0.39, 0.29) is 11.5 Å². The summed E-state index contributed by atoms with van der Waals surface area (Å²) in [5.74, 6) is 0.754. The molecule has 0 fully saturated rings. The number of rotatable bonds is 6. The molecule has 0 radical (unpaired) electrons. The van der Waals surface area contributed by atoms with Crippen molar-refractivity contribution in [2.45, 2.75) is 6.92 Å². The molecule has 1 aliphatic rings. The van der Waals surface area contributed by atoms with Crippen molar-refractivity contribution in [1.29, 1.82) is 0 Å². The van der Waals surface area contributed by atoms with Gasteiger partial charge in [-0.2, -0.15) is 0 Å². The molecule has 0 saturated heterocycles. The van der Waals surface area contributed by atoms with E-state index >= 15 is 0 Å². The highest BCUT2D eigenvalue weighted by Crippen LogP contribution is 2.35. The van der Waals surface area contributed by atoms with Crippen LogP contribution in [-0.4, -0.2) is 18.4 Å². The number of Topliss-reactive ketones (excluding diaryl/α,β-unsaturated/α-hetero) is 1. The normalized spacial score (nSPS) is 13.8. The fourth-order valence-electron chi connectivity index (χ4n) is 3.14. The zero-order valence-electron chi connectivity index (χ0n) is 16.9. The molecule has 1 heterocycles. The number of allylic oxidation sites excluding steroid dienone is 1. The van der Waals surface area contributed by atoms with E-state index in [1.807, 2.05) is 61.5 Å². The van der Waals surface area contributed by atoms with E-state index in [1.54, 1.807) is 24.3 Å². The minimum atomic E-state index is -0.519. The van der Waals surface area contributed by atoms with Crippen molar-refractivity contribution in [3.8, 4) is 17.2 Å². The molecule has 0 aromatic heterocycles. The summed E-state index contributed by atoms with van der Waals surface area (Å²) >= 11 is 0. The third-order valence-electron chi connectivity index (χ3n) is 4.58. The maximum absolute atomic E-state index is 12.7. The average molecular weight is 412 g/mol. The van der Waals surface area contributed by atoms with E-state index < -0.39 is 5.97 Å². The van der Waals surface area contributed by atoms with E-state index in [0.29, 0.717) is 29.4 Å². The molecule has 31 heavy (non-hydrogen) atoms. The highest BCUT2D eigenvalue weighted by atomic mass is 16.5. The summed E-state index contributed by atoms with van der Waals surface area (Å²) in [4.78, 5) is 24.8. The molecule has 0 aliphatic carbocycles. The number of carbonyl (C=O) groups excluding carboxylic acids is 2. The molecule has 0 N–H and O–H groups in total. The first-order chi connectivity index (χ1) is 15.1. The number of ether oxygens (including phenoxy) is 3. The molecule has 0 unspecified atom stereocenters. The number of carbonyl (C=O) groups is 2. The van der Waals surface area contributed by atoms with Crippen LogP contribution in [0.15, 0.2) is 84.6 Å². The summed E-state index contributed by atoms with van der Waals surface area (Å²) < 4.78 is 16.7. The van der Waals surface area contributed by atoms with Crippen LogP contribution in [0.25, 0.3) is 12.2 Å². The Hall–Kier alpha value is -4.12. The molecule has 3 aromatic rings. The molecule has 154 valence electrons. The minimum Gasteiger partial charge on any atom is -0.493 e. The van der Waals surface area contributed by atoms with Gasteiger partial charge in [-0.3, -0.25) is 4.79 Å². The number of para-hydroxylation sites is 1. The zero-order chi connectivity index (χ0) is 21.6. The average Bonchev–Trinajstić information content (AvgIpc) is 3.09. The summed E-state index contributed by atoms with van der Waals surface area (Å²) in [6.07, 6.45) is 4.68. The van der Waals surface area contributed by atoms with E-state index in [0.717, 1.165) is 11.1 Å². The smallest absolute Gasteiger partial charge is 0.336 e. The second-order valence-corrected chi connectivity index (χ2v) is 6.73. The first kappa shape index (κ1) is 20.2. The Labute approximate surface area is 180 Å². The van der Waals surface area contributed by atoms with Crippen LogP contribution in [0.2, 0.25) is 0 Å². The van der Waals surface area contributed by atoms with E-state index in [2.05, 4.69) is 0 Å². The molecular formula is C26H20O5. The number of hydrogen-bond acceptors (Lipinski definition) is 5. The van der Waals surface area contributed by atoms with Crippen LogP contribution >= 0.6 is 0 Å². The van der Waals surface area contributed by atoms with Gasteiger partial charge in [-0.15, -0.1) is 0 Å². The third kappa shape index (κ3) is 4.73. The fourth-order valence-corrected chi connectivity index (χ4v) is 3.14. The molecule has 1 aliphatic heterocycles. The van der Waals surface area contributed by atoms with Crippen LogP contribution in [0.4, 0.5) is 0 Å². The van der Waals surface area contributed by atoms with E-state index in [9.17, 15) is 9.59 Å². The van der Waals surface area contributed by atoms with Gasteiger partial charge in [0.25, 0.3) is 0 Å². The summed E-state index contributed by atoms with van der Waals surface area (Å²) in [6.45, 7) is 2.41. The Morgan fingerprint density at radius 2 is 1.77 bits per heavy atom. The molecule has 0 amide bonds. The minimum absolute atomic E-state index is 0.189. The van der Waals surface area contributed by atoms with Crippen LogP contribution < -0.4 is 14.2 Å². The lowest BCUT2D eigenvalue weighted by molar-refractivity contribution is -0.128. The van der Waals surface area contributed by atoms with Gasteiger partial charge in [-0.05, 0) is 42.8 Å². The monoisotopic (exact) mass is 412 g/mol. The number of hydrogen-bond donors (Lipinski definition) is 0. The maximum Gasteiger partial charge on any atom is 0.336 e. The van der Waals surface area contributed by atoms with Gasteiger partial charge in [-0.25, -0.2) is 4.79 Å². The van der Waals surface area contributed by atoms with Gasteiger partial charge >= 0.3 is 5.97 Å². The number of fused-ring (bicyclic) bond motifs is 1. The quantitative estimate of drug-likeness (QED) is 0.311. The Kier molecular flexibility index (Phi) is 5.94. The summed E-state index contributed by atoms with van der Waals surface area (Å²) in [5.41, 5.74) is 2.06. The van der Waals surface area contributed by atoms with Crippen LogP contribution in [0.1, 0.15) is 28.4 Å². The van der Waals surface area contributed by atoms with Crippen molar-refractivity contribution in [1.82, 2.24) is 0 Å². The van der Waals surface area contributed by atoms with Crippen LogP contribution in [0.5, 0.6) is 17.2 Å². The van der Waals surface area contributed by atoms with Crippen LogP contribution in [0.3, 0.4) is 0 Å². The first-order valence-corrected chi connectivity index (χ1v) is 9.89. The molecule has 5 nitrogen and oxygen atoms in total. The van der Waals surface area contributed by atoms with Crippen molar-refractivity contribution in [3.63, 3.8) is 0 Å². The molecule has 5 heteroatoms. The standard InChI is InChI=1S/C26H20O5/c1-2-29-22-11-7-6-10-19(22)16-24-26(28)21-14-13-20(17-23(21)31-24)30-25(27)15-12-18-8-4-3-5-9-18/h3-17H,2H2,1H3/b15-12+,24-16-. The summed E-state index contributed by atoms with van der Waals surface area (Å²) in [5, 5.41) is 0. The van der Waals surface area contributed by atoms with E-state index in [1.165, 1.54) is 12.1 Å². The number of esters is 1. The highest BCUT2D eigenvalue weighted by molar-refractivity contribution is 6.14. The number of benzene rings is 3. The molecular weight excluding hydrogens is 392 g/mol. The molecule has 0 atom stereocenters. The molecule has 0 saturated carbocycles. The summed E-state index contributed by atoms with van der Waals surface area (Å²) in [6, 6.07) is 21.6. The van der Waals surface area contributed by atoms with Crippen LogP contribution in [0, 0.1) is 0 Å². The fraction of sp³-hybridized carbons (Fsp3) is 0.0769. The predicted molar refractivity (Wildman–Crippen MR) is 118 cm³/mol. The Morgan fingerprint density at radius 1 is 1.00 bits per heavy atom. The Balaban J connectivity index is 1.50. The lowest BCUT2D eigenvalue weighted by Crippen LogP contribution is -2.03.